The Hall–Kier alpha value is -3.07. The molecular formula is C23H31N3O5S. The number of carbonyl (C=O) groups is 2. The summed E-state index contributed by atoms with van der Waals surface area (Å²) in [5, 5.41) is 2.55. The first-order valence-corrected chi connectivity index (χ1v) is 12.1. The van der Waals surface area contributed by atoms with Crippen LogP contribution in [0, 0.1) is 6.92 Å². The van der Waals surface area contributed by atoms with Gasteiger partial charge in [0.1, 0.15) is 18.3 Å². The fourth-order valence-electron chi connectivity index (χ4n) is 3.37. The quantitative estimate of drug-likeness (QED) is 0.584. The van der Waals surface area contributed by atoms with Crippen molar-refractivity contribution >= 4 is 27.5 Å². The van der Waals surface area contributed by atoms with Crippen LogP contribution in [0.3, 0.4) is 0 Å². The number of hydrogen-bond donors (Lipinski definition) is 1. The molecule has 0 saturated carbocycles. The fourth-order valence-corrected chi connectivity index (χ4v) is 4.21. The molecule has 2 rings (SSSR count). The number of ether oxygens (including phenoxy) is 1. The van der Waals surface area contributed by atoms with Gasteiger partial charge < -0.3 is 15.0 Å². The van der Waals surface area contributed by atoms with Crippen molar-refractivity contribution in [1.29, 1.82) is 0 Å². The van der Waals surface area contributed by atoms with Gasteiger partial charge in [0.25, 0.3) is 0 Å². The van der Waals surface area contributed by atoms with E-state index in [0.29, 0.717) is 12.2 Å². The number of carbonyl (C=O) groups excluding carboxylic acids is 2. The number of nitrogens with one attached hydrogen (secondary N) is 1. The van der Waals surface area contributed by atoms with Gasteiger partial charge in [0.2, 0.25) is 21.8 Å². The number of likely N-dealkylation sites (N-methyl/N-ethyl adjacent to an activating group) is 1. The summed E-state index contributed by atoms with van der Waals surface area (Å²) in [7, 11) is -0.869. The van der Waals surface area contributed by atoms with Gasteiger partial charge in [-0.2, -0.15) is 0 Å². The Balaban J connectivity index is 2.37. The zero-order chi connectivity index (χ0) is 23.9. The van der Waals surface area contributed by atoms with Crippen LogP contribution in [0.15, 0.2) is 48.5 Å². The fraction of sp³-hybridized carbons (Fsp3) is 0.391. The van der Waals surface area contributed by atoms with E-state index in [1.54, 1.807) is 25.1 Å². The number of rotatable bonds is 10. The lowest BCUT2D eigenvalue weighted by Gasteiger charge is -2.31. The summed E-state index contributed by atoms with van der Waals surface area (Å²) in [5.41, 5.74) is 2.11. The highest BCUT2D eigenvalue weighted by Crippen LogP contribution is 2.31. The zero-order valence-corrected chi connectivity index (χ0v) is 20.0. The summed E-state index contributed by atoms with van der Waals surface area (Å²) >= 11 is 0. The Morgan fingerprint density at radius 2 is 1.78 bits per heavy atom. The third kappa shape index (κ3) is 6.46. The Morgan fingerprint density at radius 3 is 2.34 bits per heavy atom. The van der Waals surface area contributed by atoms with E-state index < -0.39 is 28.5 Å². The molecule has 2 amide bonds. The Kier molecular flexibility index (Phi) is 8.65. The van der Waals surface area contributed by atoms with Crippen molar-refractivity contribution < 1.29 is 22.7 Å². The van der Waals surface area contributed by atoms with E-state index in [9.17, 15) is 18.0 Å². The van der Waals surface area contributed by atoms with Crippen LogP contribution in [-0.4, -0.2) is 64.7 Å². The SMILES string of the molecule is CNC(=O)C(C)N(CCc1ccccc1)C(=O)CN(c1cc(C)ccc1OC)S(C)(=O)=O. The molecule has 0 saturated heterocycles. The molecule has 0 fully saturated rings. The largest absolute Gasteiger partial charge is 0.495 e. The average molecular weight is 462 g/mol. The molecule has 1 atom stereocenters. The normalized spacial score (nSPS) is 12.0. The molecule has 0 radical (unpaired) electrons. The molecule has 9 heteroatoms. The van der Waals surface area contributed by atoms with Crippen LogP contribution in [0.5, 0.6) is 5.75 Å². The number of amides is 2. The zero-order valence-electron chi connectivity index (χ0n) is 19.2. The molecule has 0 spiro atoms. The van der Waals surface area contributed by atoms with Crippen molar-refractivity contribution in [3.05, 3.63) is 59.7 Å². The van der Waals surface area contributed by atoms with Crippen LogP contribution >= 0.6 is 0 Å². The van der Waals surface area contributed by atoms with Crippen molar-refractivity contribution in [3.8, 4) is 5.75 Å². The van der Waals surface area contributed by atoms with Gasteiger partial charge in [0, 0.05) is 13.6 Å². The van der Waals surface area contributed by atoms with Crippen molar-refractivity contribution in [2.75, 3.05) is 37.8 Å². The van der Waals surface area contributed by atoms with Crippen LogP contribution in [0.1, 0.15) is 18.1 Å². The highest BCUT2D eigenvalue weighted by Gasteiger charge is 2.30. The van der Waals surface area contributed by atoms with Crippen molar-refractivity contribution in [2.24, 2.45) is 0 Å². The van der Waals surface area contributed by atoms with E-state index in [2.05, 4.69) is 5.32 Å². The highest BCUT2D eigenvalue weighted by atomic mass is 32.2. The summed E-state index contributed by atoms with van der Waals surface area (Å²) in [6.07, 6.45) is 1.57. The third-order valence-corrected chi connectivity index (χ3v) is 6.31. The second-order valence-corrected chi connectivity index (χ2v) is 9.46. The van der Waals surface area contributed by atoms with E-state index in [4.69, 9.17) is 4.74 Å². The molecule has 32 heavy (non-hydrogen) atoms. The highest BCUT2D eigenvalue weighted by molar-refractivity contribution is 7.92. The number of benzene rings is 2. The first-order chi connectivity index (χ1) is 15.1. The number of methoxy groups -OCH3 is 1. The van der Waals surface area contributed by atoms with Crippen molar-refractivity contribution in [1.82, 2.24) is 10.2 Å². The minimum atomic E-state index is -3.81. The Morgan fingerprint density at radius 1 is 1.12 bits per heavy atom. The molecule has 0 aromatic heterocycles. The summed E-state index contributed by atoms with van der Waals surface area (Å²) in [4.78, 5) is 27.1. The number of anilines is 1. The number of nitrogens with zero attached hydrogens (tertiary/aromatic N) is 2. The molecule has 1 N–H and O–H groups in total. The maximum absolute atomic E-state index is 13.3. The molecule has 174 valence electrons. The van der Waals surface area contributed by atoms with Gasteiger partial charge in [0.05, 0.1) is 19.1 Å². The van der Waals surface area contributed by atoms with Crippen LogP contribution in [0.4, 0.5) is 5.69 Å². The molecule has 0 aliphatic heterocycles. The molecule has 0 aliphatic carbocycles. The second kappa shape index (κ2) is 11.0. The summed E-state index contributed by atoms with van der Waals surface area (Å²) in [5.74, 6) is -0.472. The number of hydrogen-bond acceptors (Lipinski definition) is 5. The van der Waals surface area contributed by atoms with Crippen molar-refractivity contribution in [3.63, 3.8) is 0 Å². The van der Waals surface area contributed by atoms with Gasteiger partial charge >= 0.3 is 0 Å². The predicted molar refractivity (Wildman–Crippen MR) is 125 cm³/mol. The van der Waals surface area contributed by atoms with Gasteiger partial charge in [-0.3, -0.25) is 13.9 Å². The van der Waals surface area contributed by atoms with Gasteiger partial charge in [0.15, 0.2) is 0 Å². The minimum absolute atomic E-state index is 0.264. The van der Waals surface area contributed by atoms with Crippen molar-refractivity contribution in [2.45, 2.75) is 26.3 Å². The van der Waals surface area contributed by atoms with E-state index in [1.165, 1.54) is 19.1 Å². The monoisotopic (exact) mass is 461 g/mol. The lowest BCUT2D eigenvalue weighted by Crippen LogP contribution is -2.51. The van der Waals surface area contributed by atoms with Crippen LogP contribution in [-0.2, 0) is 26.0 Å². The smallest absolute Gasteiger partial charge is 0.244 e. The molecule has 0 heterocycles. The first kappa shape index (κ1) is 25.2. The molecule has 0 aliphatic rings. The van der Waals surface area contributed by atoms with Gasteiger partial charge in [-0.15, -0.1) is 0 Å². The number of aryl methyl sites for hydroxylation is 1. The average Bonchev–Trinajstić information content (AvgIpc) is 2.76. The maximum atomic E-state index is 13.3. The maximum Gasteiger partial charge on any atom is 0.244 e. The van der Waals surface area contributed by atoms with Crippen LogP contribution < -0.4 is 14.4 Å². The summed E-state index contributed by atoms with van der Waals surface area (Å²) < 4.78 is 31.6. The van der Waals surface area contributed by atoms with E-state index >= 15 is 0 Å². The molecular weight excluding hydrogens is 430 g/mol. The van der Waals surface area contributed by atoms with Gasteiger partial charge in [-0.25, -0.2) is 8.42 Å². The van der Waals surface area contributed by atoms with E-state index in [-0.39, 0.29) is 18.1 Å². The second-order valence-electron chi connectivity index (χ2n) is 7.56. The van der Waals surface area contributed by atoms with Gasteiger partial charge in [-0.1, -0.05) is 36.4 Å². The summed E-state index contributed by atoms with van der Waals surface area (Å²) in [6.45, 7) is 3.26. The molecule has 2 aromatic carbocycles. The Labute approximate surface area is 190 Å². The molecule has 8 nitrogen and oxygen atoms in total. The van der Waals surface area contributed by atoms with E-state index in [1.807, 2.05) is 37.3 Å². The lowest BCUT2D eigenvalue weighted by atomic mass is 10.1. The summed E-state index contributed by atoms with van der Waals surface area (Å²) in [6, 6.07) is 13.9. The minimum Gasteiger partial charge on any atom is -0.495 e. The van der Waals surface area contributed by atoms with Crippen LogP contribution in [0.25, 0.3) is 0 Å². The number of sulfonamides is 1. The van der Waals surface area contributed by atoms with Gasteiger partial charge in [-0.05, 0) is 43.5 Å². The predicted octanol–water partition coefficient (Wildman–Crippen LogP) is 1.98. The molecule has 1 unspecified atom stereocenters. The van der Waals surface area contributed by atoms with Crippen LogP contribution in [0.2, 0.25) is 0 Å². The van der Waals surface area contributed by atoms with E-state index in [0.717, 1.165) is 21.7 Å². The Bertz CT molecular complexity index is 1040. The third-order valence-electron chi connectivity index (χ3n) is 5.18. The first-order valence-electron chi connectivity index (χ1n) is 10.3. The molecule has 2 aromatic rings. The molecule has 0 bridgehead atoms. The topological polar surface area (TPSA) is 96.0 Å². The standard InChI is InChI=1S/C23H31N3O5S/c1-17-11-12-21(31-4)20(15-17)26(32(5,29)30)16-22(27)25(18(2)23(28)24-3)14-13-19-9-7-6-8-10-19/h6-12,15,18H,13-14,16H2,1-5H3,(H,24,28). The lowest BCUT2D eigenvalue weighted by molar-refractivity contribution is -0.138.